The summed E-state index contributed by atoms with van der Waals surface area (Å²) in [6, 6.07) is 14.6. The standard InChI is InChI=1S/C36H44N4O5/c1-22-16-29-27-17-25(22)14-9-15-36(2,3)21-44-35(43)39-32(24-12-7-8-13-24)34(42)40-20-26(18-30(40)33(37)41)45-31(27)19-28(38-29)23-10-5-4-6-11-23/h4-6,10-11,16-17,19,24,26,30,32H,7-9,12-15,18,20-21H2,1-3H3,(H2,37,41)(H,39,43)/t26-,30+,32+/m1/s1. The Kier molecular flexibility index (Phi) is 8.71. The molecule has 3 aliphatic rings. The summed E-state index contributed by atoms with van der Waals surface area (Å²) in [5.74, 6) is -0.261. The van der Waals surface area contributed by atoms with Gasteiger partial charge >= 0.3 is 6.09 Å². The van der Waals surface area contributed by atoms with E-state index in [1.807, 2.05) is 36.4 Å². The minimum absolute atomic E-state index is 0.0311. The topological polar surface area (TPSA) is 124 Å². The number of cyclic esters (lactones) is 1. The highest BCUT2D eigenvalue weighted by molar-refractivity contribution is 5.92. The third kappa shape index (κ3) is 6.77. The van der Waals surface area contributed by atoms with Gasteiger partial charge in [-0.1, -0.05) is 57.0 Å². The maximum absolute atomic E-state index is 14.2. The number of primary amides is 1. The fourth-order valence-corrected chi connectivity index (χ4v) is 7.20. The van der Waals surface area contributed by atoms with Crippen LogP contribution in [0.25, 0.3) is 22.2 Å². The number of benzene rings is 2. The van der Waals surface area contributed by atoms with Gasteiger partial charge in [0.2, 0.25) is 11.8 Å². The molecule has 1 saturated carbocycles. The number of nitrogens with one attached hydrogen (secondary N) is 1. The Balaban J connectivity index is 1.42. The first-order valence-electron chi connectivity index (χ1n) is 16.3. The zero-order valence-electron chi connectivity index (χ0n) is 26.5. The number of rotatable bonds is 3. The molecule has 3 N–H and O–H groups in total. The Morgan fingerprint density at radius 1 is 1.07 bits per heavy atom. The van der Waals surface area contributed by atoms with E-state index in [4.69, 9.17) is 20.2 Å². The van der Waals surface area contributed by atoms with Crippen LogP contribution in [-0.2, 0) is 20.7 Å². The van der Waals surface area contributed by atoms with Crippen molar-refractivity contribution in [1.29, 1.82) is 0 Å². The molecule has 1 aromatic heterocycles. The molecule has 9 nitrogen and oxygen atoms in total. The van der Waals surface area contributed by atoms with Gasteiger partial charge in [-0.05, 0) is 73.6 Å². The Labute approximate surface area is 264 Å². The van der Waals surface area contributed by atoms with E-state index in [0.29, 0.717) is 5.75 Å². The van der Waals surface area contributed by atoms with Crippen molar-refractivity contribution in [3.8, 4) is 17.0 Å². The number of alkyl carbamates (subject to hydrolysis) is 1. The molecule has 0 radical (unpaired) electrons. The molecule has 0 spiro atoms. The van der Waals surface area contributed by atoms with E-state index in [-0.39, 0.29) is 36.8 Å². The van der Waals surface area contributed by atoms with Crippen molar-refractivity contribution in [3.63, 3.8) is 0 Å². The van der Waals surface area contributed by atoms with Gasteiger partial charge in [0.15, 0.2) is 0 Å². The molecule has 4 bridgehead atoms. The molecule has 3 amide bonds. The highest BCUT2D eigenvalue weighted by Gasteiger charge is 2.45. The summed E-state index contributed by atoms with van der Waals surface area (Å²) in [5, 5.41) is 3.79. The minimum atomic E-state index is -0.843. The van der Waals surface area contributed by atoms with Crippen LogP contribution < -0.4 is 15.8 Å². The third-order valence-corrected chi connectivity index (χ3v) is 9.77. The van der Waals surface area contributed by atoms with Crippen molar-refractivity contribution in [2.75, 3.05) is 13.2 Å². The molecule has 1 aliphatic carbocycles. The number of nitrogens with two attached hydrogens (primary N) is 1. The lowest BCUT2D eigenvalue weighted by Gasteiger charge is -2.31. The first-order chi connectivity index (χ1) is 21.6. The molecule has 6 rings (SSSR count). The van der Waals surface area contributed by atoms with E-state index in [9.17, 15) is 14.4 Å². The number of carbonyl (C=O) groups is 3. The van der Waals surface area contributed by atoms with Crippen LogP contribution >= 0.6 is 0 Å². The number of amides is 3. The molecule has 45 heavy (non-hydrogen) atoms. The van der Waals surface area contributed by atoms with Crippen molar-refractivity contribution in [2.45, 2.75) is 90.3 Å². The van der Waals surface area contributed by atoms with E-state index in [1.165, 1.54) is 10.5 Å². The van der Waals surface area contributed by atoms with Crippen LogP contribution in [0.1, 0.15) is 69.9 Å². The smallest absolute Gasteiger partial charge is 0.407 e. The second kappa shape index (κ2) is 12.7. The van der Waals surface area contributed by atoms with Gasteiger partial charge < -0.3 is 25.4 Å². The molecule has 1 saturated heterocycles. The van der Waals surface area contributed by atoms with Gasteiger partial charge in [-0.25, -0.2) is 9.78 Å². The molecule has 238 valence electrons. The minimum Gasteiger partial charge on any atom is -0.488 e. The molecule has 3 atom stereocenters. The molecule has 2 aliphatic heterocycles. The van der Waals surface area contributed by atoms with Crippen molar-refractivity contribution in [1.82, 2.24) is 15.2 Å². The van der Waals surface area contributed by atoms with Crippen molar-refractivity contribution < 1.29 is 23.9 Å². The molecular weight excluding hydrogens is 568 g/mol. The Bertz CT molecular complexity index is 1580. The van der Waals surface area contributed by atoms with Gasteiger partial charge in [0, 0.05) is 23.4 Å². The molecule has 3 heterocycles. The number of hydrogen-bond donors (Lipinski definition) is 2. The van der Waals surface area contributed by atoms with Crippen LogP contribution in [0.5, 0.6) is 5.75 Å². The SMILES string of the molecule is Cc1cc2nc(-c3ccccc3)cc3c2cc1CCCC(C)(C)COC(=O)N[C@@H](C1CCCC1)C(=O)N1C[C@@H](C[C@H]1C(N)=O)O3. The van der Waals surface area contributed by atoms with Gasteiger partial charge in [0.1, 0.15) is 23.9 Å². The van der Waals surface area contributed by atoms with Gasteiger partial charge in [0.25, 0.3) is 0 Å². The highest BCUT2D eigenvalue weighted by atomic mass is 16.5. The van der Waals surface area contributed by atoms with Gasteiger partial charge in [-0.3, -0.25) is 9.59 Å². The summed E-state index contributed by atoms with van der Waals surface area (Å²) in [6.07, 6.45) is 5.44. The fraction of sp³-hybridized carbons (Fsp3) is 0.500. The number of aryl methyl sites for hydroxylation is 2. The molecule has 2 aromatic carbocycles. The van der Waals surface area contributed by atoms with Crippen molar-refractivity contribution in [2.24, 2.45) is 17.1 Å². The second-order valence-corrected chi connectivity index (χ2v) is 13.8. The molecular formula is C36H44N4O5. The van der Waals surface area contributed by atoms with E-state index < -0.39 is 30.2 Å². The first-order valence-corrected chi connectivity index (χ1v) is 16.3. The third-order valence-electron chi connectivity index (χ3n) is 9.77. The van der Waals surface area contributed by atoms with Gasteiger partial charge in [-0.15, -0.1) is 0 Å². The summed E-state index contributed by atoms with van der Waals surface area (Å²) in [4.78, 5) is 46.5. The van der Waals surface area contributed by atoms with Crippen molar-refractivity contribution >= 4 is 28.8 Å². The normalized spacial score (nSPS) is 24.5. The average Bonchev–Trinajstić information content (AvgIpc) is 3.70. The summed E-state index contributed by atoms with van der Waals surface area (Å²) < 4.78 is 12.4. The van der Waals surface area contributed by atoms with Gasteiger partial charge in [-0.2, -0.15) is 0 Å². The van der Waals surface area contributed by atoms with Crippen LogP contribution in [0, 0.1) is 18.3 Å². The fourth-order valence-electron chi connectivity index (χ4n) is 7.20. The molecule has 0 unspecified atom stereocenters. The summed E-state index contributed by atoms with van der Waals surface area (Å²) >= 11 is 0. The molecule has 9 heteroatoms. The number of fused-ring (bicyclic) bond motifs is 3. The zero-order valence-corrected chi connectivity index (χ0v) is 26.5. The highest BCUT2D eigenvalue weighted by Crippen LogP contribution is 2.36. The van der Waals surface area contributed by atoms with Crippen LogP contribution in [0.2, 0.25) is 0 Å². The average molecular weight is 613 g/mol. The Morgan fingerprint density at radius 3 is 2.56 bits per heavy atom. The van der Waals surface area contributed by atoms with E-state index >= 15 is 0 Å². The van der Waals surface area contributed by atoms with Gasteiger partial charge in [0.05, 0.1) is 24.4 Å². The summed E-state index contributed by atoms with van der Waals surface area (Å²) in [6.45, 7) is 6.71. The summed E-state index contributed by atoms with van der Waals surface area (Å²) in [7, 11) is 0. The van der Waals surface area contributed by atoms with E-state index in [0.717, 1.165) is 72.7 Å². The van der Waals surface area contributed by atoms with Crippen LogP contribution in [0.15, 0.2) is 48.5 Å². The number of pyridine rings is 1. The number of hydrogen-bond acceptors (Lipinski definition) is 6. The monoisotopic (exact) mass is 612 g/mol. The van der Waals surface area contributed by atoms with E-state index in [2.05, 4.69) is 38.2 Å². The Hall–Kier alpha value is -4.14. The maximum Gasteiger partial charge on any atom is 0.407 e. The van der Waals surface area contributed by atoms with Crippen LogP contribution in [0.3, 0.4) is 0 Å². The lowest BCUT2D eigenvalue weighted by atomic mass is 9.87. The quantitative estimate of drug-likeness (QED) is 0.392. The molecule has 3 aromatic rings. The number of carbonyl (C=O) groups excluding carboxylic acids is 3. The lowest BCUT2D eigenvalue weighted by molar-refractivity contribution is -0.140. The van der Waals surface area contributed by atoms with E-state index in [1.54, 1.807) is 0 Å². The molecule has 2 fully saturated rings. The maximum atomic E-state index is 14.2. The Morgan fingerprint density at radius 2 is 1.82 bits per heavy atom. The number of nitrogens with zero attached hydrogens (tertiary/aromatic N) is 2. The first kappa shape index (κ1) is 30.9. The largest absolute Gasteiger partial charge is 0.488 e. The predicted octanol–water partition coefficient (Wildman–Crippen LogP) is 5.69. The zero-order chi connectivity index (χ0) is 31.7. The number of ether oxygens (including phenoxy) is 2. The summed E-state index contributed by atoms with van der Waals surface area (Å²) in [5.41, 5.74) is 10.6. The van der Waals surface area contributed by atoms with Crippen LogP contribution in [0.4, 0.5) is 4.79 Å². The predicted molar refractivity (Wildman–Crippen MR) is 173 cm³/mol. The number of aromatic nitrogens is 1. The van der Waals surface area contributed by atoms with Crippen LogP contribution in [-0.4, -0.2) is 59.1 Å². The lowest BCUT2D eigenvalue weighted by Crippen LogP contribution is -2.55. The van der Waals surface area contributed by atoms with Crippen molar-refractivity contribution in [3.05, 3.63) is 59.7 Å². The second-order valence-electron chi connectivity index (χ2n) is 13.8.